The Bertz CT molecular complexity index is 482. The number of aromatic nitrogens is 1. The molecule has 2 rings (SSSR count). The molecule has 1 fully saturated rings. The normalized spacial score (nSPS) is 25.4. The largest absolute Gasteiger partial charge is 0.388 e. The SMILES string of the molecule is CCNC(=O)c1cc(NCC2(O)CCC(C)CC2)ccn1. The van der Waals surface area contributed by atoms with Crippen LogP contribution in [0.15, 0.2) is 18.3 Å². The number of hydrogen-bond acceptors (Lipinski definition) is 4. The number of carbonyl (C=O) groups is 1. The number of aliphatic hydroxyl groups is 1. The summed E-state index contributed by atoms with van der Waals surface area (Å²) in [5.74, 6) is 0.530. The first kappa shape index (κ1) is 15.8. The van der Waals surface area contributed by atoms with Gasteiger partial charge in [-0.2, -0.15) is 0 Å². The number of nitrogens with one attached hydrogen (secondary N) is 2. The van der Waals surface area contributed by atoms with Crippen LogP contribution in [-0.2, 0) is 0 Å². The Morgan fingerprint density at radius 1 is 1.48 bits per heavy atom. The summed E-state index contributed by atoms with van der Waals surface area (Å²) < 4.78 is 0. The highest BCUT2D eigenvalue weighted by Crippen LogP contribution is 2.31. The fourth-order valence-corrected chi connectivity index (χ4v) is 2.66. The number of nitrogens with zero attached hydrogens (tertiary/aromatic N) is 1. The second-order valence-corrected chi connectivity index (χ2v) is 6.05. The lowest BCUT2D eigenvalue weighted by molar-refractivity contribution is 0.00501. The minimum Gasteiger partial charge on any atom is -0.388 e. The zero-order chi connectivity index (χ0) is 15.3. The van der Waals surface area contributed by atoms with E-state index in [-0.39, 0.29) is 5.91 Å². The molecular weight excluding hydrogens is 266 g/mol. The van der Waals surface area contributed by atoms with Crippen molar-refractivity contribution in [2.24, 2.45) is 5.92 Å². The van der Waals surface area contributed by atoms with E-state index in [2.05, 4.69) is 22.5 Å². The lowest BCUT2D eigenvalue weighted by Gasteiger charge is -2.35. The van der Waals surface area contributed by atoms with Crippen LogP contribution in [0.5, 0.6) is 0 Å². The predicted octanol–water partition coefficient (Wildman–Crippen LogP) is 2.18. The molecule has 0 spiro atoms. The Balaban J connectivity index is 1.94. The molecule has 0 bridgehead atoms. The maximum Gasteiger partial charge on any atom is 0.269 e. The molecule has 0 saturated heterocycles. The molecule has 1 aromatic heterocycles. The van der Waals surface area contributed by atoms with Crippen LogP contribution in [-0.4, -0.2) is 34.7 Å². The zero-order valence-electron chi connectivity index (χ0n) is 12.9. The van der Waals surface area contributed by atoms with E-state index in [1.54, 1.807) is 12.3 Å². The summed E-state index contributed by atoms with van der Waals surface area (Å²) in [7, 11) is 0. The van der Waals surface area contributed by atoms with Crippen LogP contribution in [0, 0.1) is 5.92 Å². The molecule has 0 aliphatic heterocycles. The third kappa shape index (κ3) is 4.43. The summed E-state index contributed by atoms with van der Waals surface area (Å²) in [4.78, 5) is 15.8. The Morgan fingerprint density at radius 3 is 2.86 bits per heavy atom. The highest BCUT2D eigenvalue weighted by molar-refractivity contribution is 5.93. The van der Waals surface area contributed by atoms with Crippen molar-refractivity contribution in [3.8, 4) is 0 Å². The van der Waals surface area contributed by atoms with Crippen LogP contribution in [0.4, 0.5) is 5.69 Å². The first-order valence-corrected chi connectivity index (χ1v) is 7.73. The van der Waals surface area contributed by atoms with Gasteiger partial charge < -0.3 is 15.7 Å². The van der Waals surface area contributed by atoms with Gasteiger partial charge in [-0.1, -0.05) is 6.92 Å². The summed E-state index contributed by atoms with van der Waals surface area (Å²) in [5, 5.41) is 16.5. The van der Waals surface area contributed by atoms with Crippen LogP contribution >= 0.6 is 0 Å². The molecule has 0 radical (unpaired) electrons. The summed E-state index contributed by atoms with van der Waals surface area (Å²) in [6, 6.07) is 3.54. The van der Waals surface area contributed by atoms with Crippen molar-refractivity contribution in [1.29, 1.82) is 0 Å². The third-order valence-corrected chi connectivity index (χ3v) is 4.16. The molecule has 1 heterocycles. The molecule has 5 nitrogen and oxygen atoms in total. The zero-order valence-corrected chi connectivity index (χ0v) is 12.9. The predicted molar refractivity (Wildman–Crippen MR) is 83.3 cm³/mol. The van der Waals surface area contributed by atoms with Gasteiger partial charge in [0.15, 0.2) is 0 Å². The van der Waals surface area contributed by atoms with E-state index in [9.17, 15) is 9.90 Å². The van der Waals surface area contributed by atoms with Gasteiger partial charge in [0.1, 0.15) is 5.69 Å². The van der Waals surface area contributed by atoms with Crippen molar-refractivity contribution in [2.75, 3.05) is 18.4 Å². The van der Waals surface area contributed by atoms with E-state index >= 15 is 0 Å². The van der Waals surface area contributed by atoms with Gasteiger partial charge >= 0.3 is 0 Å². The Morgan fingerprint density at radius 2 is 2.19 bits per heavy atom. The lowest BCUT2D eigenvalue weighted by atomic mass is 9.79. The van der Waals surface area contributed by atoms with Gasteiger partial charge in [0, 0.05) is 25.0 Å². The van der Waals surface area contributed by atoms with Gasteiger partial charge in [-0.3, -0.25) is 9.78 Å². The lowest BCUT2D eigenvalue weighted by Crippen LogP contribution is -2.40. The molecule has 1 aliphatic carbocycles. The Hall–Kier alpha value is -1.62. The van der Waals surface area contributed by atoms with E-state index in [1.165, 1.54) is 0 Å². The average molecular weight is 291 g/mol. The fraction of sp³-hybridized carbons (Fsp3) is 0.625. The molecule has 0 atom stereocenters. The van der Waals surface area contributed by atoms with Crippen molar-refractivity contribution in [1.82, 2.24) is 10.3 Å². The van der Waals surface area contributed by atoms with E-state index in [4.69, 9.17) is 0 Å². The minimum absolute atomic E-state index is 0.175. The average Bonchev–Trinajstić information content (AvgIpc) is 2.49. The van der Waals surface area contributed by atoms with Gasteiger partial charge in [-0.05, 0) is 50.7 Å². The number of pyridine rings is 1. The second kappa shape index (κ2) is 6.89. The number of amides is 1. The van der Waals surface area contributed by atoms with E-state index in [0.29, 0.717) is 24.7 Å². The van der Waals surface area contributed by atoms with Gasteiger partial charge in [0.2, 0.25) is 0 Å². The topological polar surface area (TPSA) is 74.2 Å². The first-order chi connectivity index (χ1) is 10.0. The van der Waals surface area contributed by atoms with Crippen LogP contribution < -0.4 is 10.6 Å². The molecule has 1 amide bonds. The quantitative estimate of drug-likeness (QED) is 0.777. The van der Waals surface area contributed by atoms with Gasteiger partial charge in [-0.25, -0.2) is 0 Å². The molecule has 3 N–H and O–H groups in total. The number of anilines is 1. The van der Waals surface area contributed by atoms with Gasteiger partial charge in [0.25, 0.3) is 5.91 Å². The Labute approximate surface area is 126 Å². The summed E-state index contributed by atoms with van der Waals surface area (Å²) in [6.07, 6.45) is 5.40. The number of carbonyl (C=O) groups excluding carboxylic acids is 1. The van der Waals surface area contributed by atoms with Gasteiger partial charge in [-0.15, -0.1) is 0 Å². The van der Waals surface area contributed by atoms with Crippen LogP contribution in [0.1, 0.15) is 50.0 Å². The minimum atomic E-state index is -0.637. The van der Waals surface area contributed by atoms with Crippen LogP contribution in [0.3, 0.4) is 0 Å². The number of hydrogen-bond donors (Lipinski definition) is 3. The molecule has 5 heteroatoms. The molecule has 0 unspecified atom stereocenters. The van der Waals surface area contributed by atoms with Crippen molar-refractivity contribution in [3.63, 3.8) is 0 Å². The fourth-order valence-electron chi connectivity index (χ4n) is 2.66. The molecular formula is C16H25N3O2. The van der Waals surface area contributed by atoms with Crippen molar-refractivity contribution < 1.29 is 9.90 Å². The summed E-state index contributed by atoms with van der Waals surface area (Å²) in [6.45, 7) is 5.20. The van der Waals surface area contributed by atoms with Crippen molar-refractivity contribution in [2.45, 2.75) is 45.1 Å². The molecule has 116 valence electrons. The second-order valence-electron chi connectivity index (χ2n) is 6.05. The summed E-state index contributed by atoms with van der Waals surface area (Å²) in [5.41, 5.74) is 0.575. The molecule has 1 aromatic rings. The van der Waals surface area contributed by atoms with E-state index in [0.717, 1.165) is 31.4 Å². The van der Waals surface area contributed by atoms with Gasteiger partial charge in [0.05, 0.1) is 5.60 Å². The van der Waals surface area contributed by atoms with E-state index < -0.39 is 5.60 Å². The molecule has 0 aromatic carbocycles. The molecule has 1 aliphatic rings. The third-order valence-electron chi connectivity index (χ3n) is 4.16. The van der Waals surface area contributed by atoms with Crippen molar-refractivity contribution >= 4 is 11.6 Å². The smallest absolute Gasteiger partial charge is 0.269 e. The van der Waals surface area contributed by atoms with Crippen molar-refractivity contribution in [3.05, 3.63) is 24.0 Å². The molecule has 21 heavy (non-hydrogen) atoms. The highest BCUT2D eigenvalue weighted by atomic mass is 16.3. The monoisotopic (exact) mass is 291 g/mol. The number of rotatable bonds is 5. The maximum absolute atomic E-state index is 11.8. The summed E-state index contributed by atoms with van der Waals surface area (Å²) >= 11 is 0. The van der Waals surface area contributed by atoms with Crippen LogP contribution in [0.2, 0.25) is 0 Å². The molecule has 1 saturated carbocycles. The first-order valence-electron chi connectivity index (χ1n) is 7.73. The highest BCUT2D eigenvalue weighted by Gasteiger charge is 2.31. The maximum atomic E-state index is 11.8. The van der Waals surface area contributed by atoms with E-state index in [1.807, 2.05) is 13.0 Å². The standard InChI is InChI=1S/C16H25N3O2/c1-3-17-15(20)14-10-13(6-9-18-14)19-11-16(21)7-4-12(2)5-8-16/h6,9-10,12,21H,3-5,7-8,11H2,1-2H3,(H,17,20)(H,18,19). The van der Waals surface area contributed by atoms with Crippen LogP contribution in [0.25, 0.3) is 0 Å². The Kier molecular flexibility index (Phi) is 5.17.